The number of aromatic nitrogens is 1. The molecule has 27 heavy (non-hydrogen) atoms. The molecular formula is C16H13BrF3N3O3S. The number of esters is 1. The van der Waals surface area contributed by atoms with E-state index < -0.39 is 24.3 Å². The van der Waals surface area contributed by atoms with Gasteiger partial charge in [-0.25, -0.2) is 9.78 Å². The first-order valence-corrected chi connectivity index (χ1v) is 9.38. The van der Waals surface area contributed by atoms with Crippen molar-refractivity contribution < 1.29 is 27.8 Å². The largest absolute Gasteiger partial charge is 0.461 e. The Balaban J connectivity index is 2.01. The molecule has 6 nitrogen and oxygen atoms in total. The highest BCUT2D eigenvalue weighted by molar-refractivity contribution is 9.10. The Bertz CT molecular complexity index is 885. The Labute approximate surface area is 164 Å². The number of hydrogen-bond donors (Lipinski definition) is 1. The number of halogens is 4. The molecule has 1 aliphatic heterocycles. The lowest BCUT2D eigenvalue weighted by Crippen LogP contribution is -2.55. The lowest BCUT2D eigenvalue weighted by Gasteiger charge is -2.32. The Morgan fingerprint density at radius 3 is 2.67 bits per heavy atom. The molecule has 11 heteroatoms. The standard InChI is InChI=1S/C16H13BrF3N3O3S/c1-2-26-13(24)12-8-27-14(21-12)23-15(25,16(18,19)20)7-11(22-23)9-3-5-10(17)6-4-9/h3-6,8,25H,2,7H2,1H3. The molecule has 0 amide bonds. The summed E-state index contributed by atoms with van der Waals surface area (Å²) in [7, 11) is 0. The number of rotatable bonds is 4. The first-order chi connectivity index (χ1) is 12.7. The summed E-state index contributed by atoms with van der Waals surface area (Å²) in [5.74, 6) is -0.758. The van der Waals surface area contributed by atoms with Crippen molar-refractivity contribution in [2.75, 3.05) is 11.6 Å². The average molecular weight is 464 g/mol. The third-order valence-electron chi connectivity index (χ3n) is 3.77. The van der Waals surface area contributed by atoms with E-state index in [2.05, 4.69) is 26.0 Å². The van der Waals surface area contributed by atoms with Crippen LogP contribution in [0.4, 0.5) is 18.3 Å². The number of anilines is 1. The van der Waals surface area contributed by atoms with Crippen LogP contribution in [0.15, 0.2) is 39.2 Å². The Morgan fingerprint density at radius 2 is 2.07 bits per heavy atom. The van der Waals surface area contributed by atoms with Gasteiger partial charge in [0.15, 0.2) is 5.69 Å². The minimum absolute atomic E-state index is 0.0511. The molecule has 1 aliphatic rings. The maximum Gasteiger partial charge on any atom is 0.438 e. The Morgan fingerprint density at radius 1 is 1.41 bits per heavy atom. The van der Waals surface area contributed by atoms with Crippen molar-refractivity contribution in [3.63, 3.8) is 0 Å². The number of benzene rings is 1. The Hall–Kier alpha value is -1.98. The summed E-state index contributed by atoms with van der Waals surface area (Å²) in [6.45, 7) is 1.70. The lowest BCUT2D eigenvalue weighted by molar-refractivity contribution is -0.254. The number of ether oxygens (including phenoxy) is 1. The molecule has 2 aromatic rings. The van der Waals surface area contributed by atoms with E-state index in [-0.39, 0.29) is 23.1 Å². The highest BCUT2D eigenvalue weighted by Gasteiger charge is 2.62. The van der Waals surface area contributed by atoms with Crippen molar-refractivity contribution in [2.24, 2.45) is 5.10 Å². The van der Waals surface area contributed by atoms with E-state index >= 15 is 0 Å². The normalized spacial score (nSPS) is 19.9. The molecule has 1 aromatic carbocycles. The van der Waals surface area contributed by atoms with E-state index in [9.17, 15) is 23.1 Å². The fourth-order valence-electron chi connectivity index (χ4n) is 2.43. The zero-order valence-corrected chi connectivity index (χ0v) is 16.2. The van der Waals surface area contributed by atoms with Crippen LogP contribution in [0.3, 0.4) is 0 Å². The van der Waals surface area contributed by atoms with E-state index in [4.69, 9.17) is 4.74 Å². The summed E-state index contributed by atoms with van der Waals surface area (Å²) in [6, 6.07) is 6.51. The second-order valence-electron chi connectivity index (χ2n) is 5.59. The smallest absolute Gasteiger partial charge is 0.438 e. The van der Waals surface area contributed by atoms with Crippen LogP contribution in [0.2, 0.25) is 0 Å². The molecule has 0 fully saturated rings. The minimum Gasteiger partial charge on any atom is -0.461 e. The molecule has 144 valence electrons. The van der Waals surface area contributed by atoms with Crippen molar-refractivity contribution in [3.05, 3.63) is 45.4 Å². The molecule has 0 saturated heterocycles. The van der Waals surface area contributed by atoms with E-state index in [1.807, 2.05) is 0 Å². The zero-order chi connectivity index (χ0) is 19.8. The van der Waals surface area contributed by atoms with Gasteiger partial charge in [-0.05, 0) is 24.6 Å². The van der Waals surface area contributed by atoms with Gasteiger partial charge < -0.3 is 9.84 Å². The fourth-order valence-corrected chi connectivity index (χ4v) is 3.50. The summed E-state index contributed by atoms with van der Waals surface area (Å²) in [4.78, 5) is 15.6. The van der Waals surface area contributed by atoms with Gasteiger partial charge in [-0.15, -0.1) is 11.3 Å². The molecule has 2 heterocycles. The van der Waals surface area contributed by atoms with Crippen LogP contribution in [0, 0.1) is 0 Å². The van der Waals surface area contributed by atoms with Crippen molar-refractivity contribution in [1.29, 1.82) is 0 Å². The maximum absolute atomic E-state index is 13.6. The van der Waals surface area contributed by atoms with Gasteiger partial charge in [-0.3, -0.25) is 0 Å². The first-order valence-electron chi connectivity index (χ1n) is 7.71. The molecule has 0 spiro atoms. The van der Waals surface area contributed by atoms with Crippen LogP contribution in [0.25, 0.3) is 0 Å². The second-order valence-corrected chi connectivity index (χ2v) is 7.34. The van der Waals surface area contributed by atoms with Crippen LogP contribution < -0.4 is 5.01 Å². The summed E-state index contributed by atoms with van der Waals surface area (Å²) in [5, 5.41) is 15.8. The monoisotopic (exact) mass is 463 g/mol. The van der Waals surface area contributed by atoms with Crippen LogP contribution in [-0.4, -0.2) is 40.3 Å². The molecule has 0 radical (unpaired) electrons. The van der Waals surface area contributed by atoms with Crippen LogP contribution in [-0.2, 0) is 4.74 Å². The van der Waals surface area contributed by atoms with E-state index in [0.29, 0.717) is 10.6 Å². The molecule has 1 N–H and O–H groups in total. The van der Waals surface area contributed by atoms with Crippen molar-refractivity contribution in [3.8, 4) is 0 Å². The molecule has 1 unspecified atom stereocenters. The average Bonchev–Trinajstić information content (AvgIpc) is 3.20. The van der Waals surface area contributed by atoms with Crippen LogP contribution in [0.1, 0.15) is 29.4 Å². The molecule has 0 aliphatic carbocycles. The summed E-state index contributed by atoms with van der Waals surface area (Å²) in [5.41, 5.74) is -2.92. The number of alkyl halides is 3. The van der Waals surface area contributed by atoms with E-state index in [1.54, 1.807) is 31.2 Å². The number of nitrogens with zero attached hydrogens (tertiary/aromatic N) is 3. The van der Waals surface area contributed by atoms with Gasteiger partial charge >= 0.3 is 12.1 Å². The Kier molecular flexibility index (Phi) is 5.28. The SMILES string of the molecule is CCOC(=O)c1csc(N2N=C(c3ccc(Br)cc3)CC2(O)C(F)(F)F)n1. The number of hydrogen-bond acceptors (Lipinski definition) is 7. The molecule has 1 aromatic heterocycles. The highest BCUT2D eigenvalue weighted by Crippen LogP contribution is 2.44. The quantitative estimate of drug-likeness (QED) is 0.694. The van der Waals surface area contributed by atoms with Crippen molar-refractivity contribution in [1.82, 2.24) is 4.98 Å². The predicted molar refractivity (Wildman–Crippen MR) is 96.9 cm³/mol. The van der Waals surface area contributed by atoms with Gasteiger partial charge in [-0.1, -0.05) is 28.1 Å². The van der Waals surface area contributed by atoms with Gasteiger partial charge in [0, 0.05) is 9.85 Å². The number of carbonyl (C=O) groups excluding carboxylic acids is 1. The molecule has 0 saturated carbocycles. The molecular weight excluding hydrogens is 451 g/mol. The predicted octanol–water partition coefficient (Wildman–Crippen LogP) is 3.95. The van der Waals surface area contributed by atoms with Crippen molar-refractivity contribution in [2.45, 2.75) is 25.2 Å². The maximum atomic E-state index is 13.6. The number of carbonyl (C=O) groups is 1. The van der Waals surface area contributed by atoms with Gasteiger partial charge in [0.05, 0.1) is 18.7 Å². The van der Waals surface area contributed by atoms with E-state index in [0.717, 1.165) is 15.8 Å². The third kappa shape index (κ3) is 3.71. The minimum atomic E-state index is -5.00. The summed E-state index contributed by atoms with van der Waals surface area (Å²) >= 11 is 4.01. The summed E-state index contributed by atoms with van der Waals surface area (Å²) < 4.78 is 46.4. The zero-order valence-electron chi connectivity index (χ0n) is 13.8. The highest BCUT2D eigenvalue weighted by atomic mass is 79.9. The third-order valence-corrected chi connectivity index (χ3v) is 5.12. The molecule has 3 rings (SSSR count). The second kappa shape index (κ2) is 7.21. The van der Waals surface area contributed by atoms with Gasteiger partial charge in [0.1, 0.15) is 0 Å². The summed E-state index contributed by atoms with van der Waals surface area (Å²) in [6.07, 6.45) is -5.77. The molecule has 1 atom stereocenters. The number of hydrazone groups is 1. The fraction of sp³-hybridized carbons (Fsp3) is 0.312. The number of thiazole rings is 1. The lowest BCUT2D eigenvalue weighted by atomic mass is 10.0. The topological polar surface area (TPSA) is 75.0 Å². The van der Waals surface area contributed by atoms with E-state index in [1.165, 1.54) is 5.38 Å². The van der Waals surface area contributed by atoms with Gasteiger partial charge in [0.2, 0.25) is 5.13 Å². The van der Waals surface area contributed by atoms with Crippen LogP contribution >= 0.6 is 27.3 Å². The molecule has 0 bridgehead atoms. The first kappa shape index (κ1) is 19.8. The van der Waals surface area contributed by atoms with Gasteiger partial charge in [0.25, 0.3) is 5.72 Å². The van der Waals surface area contributed by atoms with Crippen molar-refractivity contribution >= 4 is 44.1 Å². The van der Waals surface area contributed by atoms with Crippen LogP contribution in [0.5, 0.6) is 0 Å². The number of aliphatic hydroxyl groups is 1. The van der Waals surface area contributed by atoms with Gasteiger partial charge in [-0.2, -0.15) is 23.3 Å².